The van der Waals surface area contributed by atoms with E-state index < -0.39 is 11.2 Å². The largest absolute Gasteiger partial charge is 0.332 e. The molecule has 0 saturated carbocycles. The predicted octanol–water partition coefficient (Wildman–Crippen LogP) is 1.34. The zero-order chi connectivity index (χ0) is 19.2. The molecule has 1 amide bonds. The van der Waals surface area contributed by atoms with E-state index in [-0.39, 0.29) is 28.9 Å². The maximum absolute atomic E-state index is 12.5. The summed E-state index contributed by atoms with van der Waals surface area (Å²) in [6, 6.07) is 5.70. The number of carbonyl (C=O) groups excluding carboxylic acids is 1. The van der Waals surface area contributed by atoms with Crippen molar-refractivity contribution in [3.05, 3.63) is 55.4 Å². The molecule has 0 unspecified atom stereocenters. The molecular weight excluding hydrogens is 358 g/mol. The Kier molecular flexibility index (Phi) is 4.45. The molecule has 9 heteroatoms. The van der Waals surface area contributed by atoms with Crippen molar-refractivity contribution in [2.45, 2.75) is 20.4 Å². The smallest absolute Gasteiger partial charge is 0.325 e. The van der Waals surface area contributed by atoms with Crippen LogP contribution < -0.4 is 16.6 Å². The average molecular weight is 376 g/mol. The van der Waals surface area contributed by atoms with Crippen LogP contribution in [0.3, 0.4) is 0 Å². The van der Waals surface area contributed by atoms with Crippen molar-refractivity contribution in [2.75, 3.05) is 5.32 Å². The summed E-state index contributed by atoms with van der Waals surface area (Å²) in [5, 5.41) is 2.76. The number of imidazole rings is 1. The lowest BCUT2D eigenvalue weighted by Crippen LogP contribution is -2.37. The molecule has 0 aliphatic heterocycles. The first kappa shape index (κ1) is 17.9. The molecule has 2 aromatic heterocycles. The number of carbonyl (C=O) groups is 1. The first-order valence-corrected chi connectivity index (χ1v) is 8.26. The van der Waals surface area contributed by atoms with Crippen LogP contribution in [0.25, 0.3) is 11.2 Å². The third-order valence-corrected chi connectivity index (χ3v) is 4.40. The Bertz CT molecular complexity index is 1140. The van der Waals surface area contributed by atoms with E-state index in [1.54, 1.807) is 0 Å². The molecule has 0 spiro atoms. The van der Waals surface area contributed by atoms with Crippen molar-refractivity contribution in [3.8, 4) is 0 Å². The number of amides is 1. The fourth-order valence-corrected chi connectivity index (χ4v) is 3.18. The number of halogens is 1. The van der Waals surface area contributed by atoms with Crippen molar-refractivity contribution in [2.24, 2.45) is 14.1 Å². The Hall–Kier alpha value is -2.87. The highest BCUT2D eigenvalue weighted by atomic mass is 35.5. The number of fused-ring (bicyclic) bond motifs is 1. The van der Waals surface area contributed by atoms with Crippen LogP contribution in [0.15, 0.2) is 27.8 Å². The van der Waals surface area contributed by atoms with Gasteiger partial charge in [-0.25, -0.2) is 4.79 Å². The summed E-state index contributed by atoms with van der Waals surface area (Å²) in [5.41, 5.74) is 1.89. The lowest BCUT2D eigenvalue weighted by molar-refractivity contribution is -0.116. The van der Waals surface area contributed by atoms with Crippen LogP contribution in [0.5, 0.6) is 0 Å². The van der Waals surface area contributed by atoms with Crippen molar-refractivity contribution < 1.29 is 4.79 Å². The van der Waals surface area contributed by atoms with Gasteiger partial charge in [0.2, 0.25) is 11.2 Å². The minimum absolute atomic E-state index is 0.0335. The second kappa shape index (κ2) is 6.45. The van der Waals surface area contributed by atoms with Gasteiger partial charge in [0.15, 0.2) is 11.2 Å². The molecule has 1 aromatic carbocycles. The quantitative estimate of drug-likeness (QED) is 0.699. The molecule has 8 nitrogen and oxygen atoms in total. The predicted molar refractivity (Wildman–Crippen MR) is 99.8 cm³/mol. The summed E-state index contributed by atoms with van der Waals surface area (Å²) in [7, 11) is 2.86. The van der Waals surface area contributed by atoms with Gasteiger partial charge in [0.25, 0.3) is 5.56 Å². The minimum Gasteiger partial charge on any atom is -0.325 e. The number of hydrogen-bond acceptors (Lipinski definition) is 4. The molecule has 3 rings (SSSR count). The number of nitrogens with zero attached hydrogens (tertiary/aromatic N) is 4. The Morgan fingerprint density at radius 3 is 2.35 bits per heavy atom. The van der Waals surface area contributed by atoms with Gasteiger partial charge in [0.05, 0.1) is 0 Å². The van der Waals surface area contributed by atoms with Gasteiger partial charge >= 0.3 is 5.69 Å². The highest BCUT2D eigenvalue weighted by molar-refractivity contribution is 6.29. The van der Waals surface area contributed by atoms with Crippen LogP contribution in [0.4, 0.5) is 5.69 Å². The van der Waals surface area contributed by atoms with Crippen LogP contribution in [-0.4, -0.2) is 24.6 Å². The summed E-state index contributed by atoms with van der Waals surface area (Å²) in [6.07, 6.45) is 0. The molecule has 0 aliphatic rings. The normalized spacial score (nSPS) is 11.1. The maximum atomic E-state index is 12.5. The molecule has 136 valence electrons. The lowest BCUT2D eigenvalue weighted by Gasteiger charge is -2.10. The molecule has 3 aromatic rings. The average Bonchev–Trinajstić information content (AvgIpc) is 2.86. The van der Waals surface area contributed by atoms with E-state index in [2.05, 4.69) is 10.3 Å². The second-order valence-corrected chi connectivity index (χ2v) is 6.61. The van der Waals surface area contributed by atoms with Crippen molar-refractivity contribution in [1.82, 2.24) is 18.7 Å². The number of nitrogens with one attached hydrogen (secondary N) is 1. The molecular formula is C17H18ClN5O3. The van der Waals surface area contributed by atoms with Crippen molar-refractivity contribution in [1.29, 1.82) is 0 Å². The summed E-state index contributed by atoms with van der Waals surface area (Å²) < 4.78 is 3.48. The number of aromatic nitrogens is 4. The van der Waals surface area contributed by atoms with E-state index in [9.17, 15) is 14.4 Å². The van der Waals surface area contributed by atoms with E-state index in [1.165, 1.54) is 23.2 Å². The standard InChI is InChI=1S/C17H18ClN5O3/c1-9-5-10(2)7-11(6-9)19-12(24)8-23-13-14(20-16(23)18)21(3)17(26)22(4)15(13)25/h5-7H,8H2,1-4H3,(H,19,24). The van der Waals surface area contributed by atoms with Gasteiger partial charge in [0.1, 0.15) is 6.54 Å². The minimum atomic E-state index is -0.554. The maximum Gasteiger partial charge on any atom is 0.332 e. The molecule has 0 aliphatic carbocycles. The second-order valence-electron chi connectivity index (χ2n) is 6.27. The molecule has 1 N–H and O–H groups in total. The lowest BCUT2D eigenvalue weighted by atomic mass is 10.1. The van der Waals surface area contributed by atoms with Gasteiger partial charge in [-0.2, -0.15) is 4.98 Å². The molecule has 0 radical (unpaired) electrons. The number of anilines is 1. The van der Waals surface area contributed by atoms with Gasteiger partial charge < -0.3 is 5.32 Å². The van der Waals surface area contributed by atoms with E-state index in [0.717, 1.165) is 15.7 Å². The van der Waals surface area contributed by atoms with E-state index in [1.807, 2.05) is 32.0 Å². The summed E-state index contributed by atoms with van der Waals surface area (Å²) in [4.78, 5) is 41.0. The molecule has 0 saturated heterocycles. The van der Waals surface area contributed by atoms with Gasteiger partial charge in [-0.3, -0.25) is 23.3 Å². The fraction of sp³-hybridized carbons (Fsp3) is 0.294. The Balaban J connectivity index is 2.01. The zero-order valence-corrected chi connectivity index (χ0v) is 15.6. The summed E-state index contributed by atoms with van der Waals surface area (Å²) in [6.45, 7) is 3.68. The van der Waals surface area contributed by atoms with Gasteiger partial charge in [-0.15, -0.1) is 0 Å². The Labute approximate surface area is 153 Å². The molecule has 0 bridgehead atoms. The van der Waals surface area contributed by atoms with E-state index >= 15 is 0 Å². The summed E-state index contributed by atoms with van der Waals surface area (Å²) >= 11 is 6.12. The summed E-state index contributed by atoms with van der Waals surface area (Å²) in [5.74, 6) is -0.355. The van der Waals surface area contributed by atoms with Crippen LogP contribution in [-0.2, 0) is 25.4 Å². The first-order valence-electron chi connectivity index (χ1n) is 7.89. The SMILES string of the molecule is Cc1cc(C)cc(NC(=O)Cn2c(Cl)nc3c2c(=O)n(C)c(=O)n3C)c1. The van der Waals surface area contributed by atoms with Gasteiger partial charge in [0, 0.05) is 19.8 Å². The van der Waals surface area contributed by atoms with Crippen LogP contribution in [0.1, 0.15) is 11.1 Å². The Morgan fingerprint density at radius 1 is 1.12 bits per heavy atom. The van der Waals surface area contributed by atoms with Crippen molar-refractivity contribution in [3.63, 3.8) is 0 Å². The monoisotopic (exact) mass is 375 g/mol. The van der Waals surface area contributed by atoms with E-state index in [4.69, 9.17) is 11.6 Å². The van der Waals surface area contributed by atoms with Gasteiger partial charge in [-0.05, 0) is 48.7 Å². The highest BCUT2D eigenvalue weighted by Gasteiger charge is 2.19. The molecule has 0 fully saturated rings. The molecule has 0 atom stereocenters. The fourth-order valence-electron chi connectivity index (χ4n) is 2.96. The first-order chi connectivity index (χ1) is 12.2. The number of hydrogen-bond donors (Lipinski definition) is 1. The number of aryl methyl sites for hydroxylation is 3. The van der Waals surface area contributed by atoms with E-state index in [0.29, 0.717) is 5.69 Å². The van der Waals surface area contributed by atoms with Crippen LogP contribution >= 0.6 is 11.6 Å². The van der Waals surface area contributed by atoms with Crippen LogP contribution in [0, 0.1) is 13.8 Å². The molecule has 26 heavy (non-hydrogen) atoms. The third-order valence-electron chi connectivity index (χ3n) is 4.11. The number of benzene rings is 1. The zero-order valence-electron chi connectivity index (χ0n) is 14.8. The Morgan fingerprint density at radius 2 is 1.73 bits per heavy atom. The van der Waals surface area contributed by atoms with Crippen LogP contribution in [0.2, 0.25) is 5.28 Å². The number of rotatable bonds is 3. The highest BCUT2D eigenvalue weighted by Crippen LogP contribution is 2.17. The van der Waals surface area contributed by atoms with Gasteiger partial charge in [-0.1, -0.05) is 6.07 Å². The third kappa shape index (κ3) is 3.03. The molecule has 2 heterocycles. The topological polar surface area (TPSA) is 90.9 Å². The van der Waals surface area contributed by atoms with Crippen molar-refractivity contribution >= 4 is 34.4 Å².